The van der Waals surface area contributed by atoms with Gasteiger partial charge >= 0.3 is 5.97 Å². The molecular formula is C14H21NO2. The van der Waals surface area contributed by atoms with Gasteiger partial charge in [0.25, 0.3) is 0 Å². The van der Waals surface area contributed by atoms with Crippen molar-refractivity contribution in [2.24, 2.45) is 0 Å². The minimum Gasteiger partial charge on any atom is -0.481 e. The van der Waals surface area contributed by atoms with Gasteiger partial charge in [-0.25, -0.2) is 0 Å². The number of hydrogen-bond donors (Lipinski definition) is 1. The third-order valence-electron chi connectivity index (χ3n) is 2.73. The highest BCUT2D eigenvalue weighted by Crippen LogP contribution is 2.05. The van der Waals surface area contributed by atoms with Crippen LogP contribution in [0, 0.1) is 0 Å². The maximum Gasteiger partial charge on any atom is 0.303 e. The Morgan fingerprint density at radius 3 is 2.53 bits per heavy atom. The Labute approximate surface area is 103 Å². The molecule has 0 spiro atoms. The van der Waals surface area contributed by atoms with Crippen molar-refractivity contribution < 1.29 is 9.90 Å². The van der Waals surface area contributed by atoms with Crippen LogP contribution in [0.15, 0.2) is 30.3 Å². The molecule has 0 aromatic heterocycles. The molecule has 3 nitrogen and oxygen atoms in total. The molecule has 0 aliphatic rings. The molecule has 1 aromatic carbocycles. The second-order valence-corrected chi connectivity index (χ2v) is 4.43. The lowest BCUT2D eigenvalue weighted by molar-refractivity contribution is -0.137. The van der Waals surface area contributed by atoms with E-state index >= 15 is 0 Å². The monoisotopic (exact) mass is 235 g/mol. The first-order valence-corrected chi connectivity index (χ1v) is 6.13. The van der Waals surface area contributed by atoms with Gasteiger partial charge < -0.3 is 10.0 Å². The third-order valence-corrected chi connectivity index (χ3v) is 2.73. The zero-order valence-electron chi connectivity index (χ0n) is 10.4. The van der Waals surface area contributed by atoms with Crippen molar-refractivity contribution in [3.05, 3.63) is 35.9 Å². The van der Waals surface area contributed by atoms with Crippen LogP contribution >= 0.6 is 0 Å². The van der Waals surface area contributed by atoms with Crippen LogP contribution < -0.4 is 0 Å². The molecule has 0 atom stereocenters. The molecule has 94 valence electrons. The van der Waals surface area contributed by atoms with Gasteiger partial charge in [-0.05, 0) is 32.0 Å². The van der Waals surface area contributed by atoms with Gasteiger partial charge in [0, 0.05) is 13.0 Å². The molecule has 0 fully saturated rings. The Kier molecular flexibility index (Phi) is 6.33. The normalized spacial score (nSPS) is 10.7. The minimum absolute atomic E-state index is 0.294. The van der Waals surface area contributed by atoms with Crippen molar-refractivity contribution in [2.45, 2.75) is 32.2 Å². The van der Waals surface area contributed by atoms with Gasteiger partial charge in [0.2, 0.25) is 0 Å². The average molecular weight is 235 g/mol. The first-order valence-electron chi connectivity index (χ1n) is 6.13. The summed E-state index contributed by atoms with van der Waals surface area (Å²) in [4.78, 5) is 12.6. The maximum absolute atomic E-state index is 10.3. The fourth-order valence-electron chi connectivity index (χ4n) is 1.81. The molecule has 0 aliphatic carbocycles. The summed E-state index contributed by atoms with van der Waals surface area (Å²) in [5, 5.41) is 8.51. The molecule has 3 heteroatoms. The summed E-state index contributed by atoms with van der Waals surface area (Å²) < 4.78 is 0. The fourth-order valence-corrected chi connectivity index (χ4v) is 1.81. The average Bonchev–Trinajstić information content (AvgIpc) is 2.29. The van der Waals surface area contributed by atoms with Crippen molar-refractivity contribution in [1.29, 1.82) is 0 Å². The van der Waals surface area contributed by atoms with Gasteiger partial charge in [0.05, 0.1) is 0 Å². The molecule has 0 aliphatic heterocycles. The van der Waals surface area contributed by atoms with Crippen LogP contribution in [0.25, 0.3) is 0 Å². The predicted molar refractivity (Wildman–Crippen MR) is 68.9 cm³/mol. The summed E-state index contributed by atoms with van der Waals surface area (Å²) in [7, 11) is 2.10. The zero-order valence-corrected chi connectivity index (χ0v) is 10.4. The molecule has 1 N–H and O–H groups in total. The van der Waals surface area contributed by atoms with E-state index in [0.717, 1.165) is 32.4 Å². The molecule has 0 radical (unpaired) electrons. The Balaban J connectivity index is 2.09. The number of hydrogen-bond acceptors (Lipinski definition) is 2. The standard InChI is InChI=1S/C14H21NO2/c1-15(11-7-3-6-10-14(16)17)12-13-8-4-2-5-9-13/h2,4-5,8-9H,3,6-7,10-12H2,1H3,(H,16,17). The van der Waals surface area contributed by atoms with Gasteiger partial charge in [-0.2, -0.15) is 0 Å². The van der Waals surface area contributed by atoms with Crippen molar-refractivity contribution in [3.8, 4) is 0 Å². The number of rotatable bonds is 8. The molecule has 0 saturated carbocycles. The molecule has 17 heavy (non-hydrogen) atoms. The number of nitrogens with zero attached hydrogens (tertiary/aromatic N) is 1. The minimum atomic E-state index is -0.692. The van der Waals surface area contributed by atoms with E-state index in [9.17, 15) is 4.79 Å². The highest BCUT2D eigenvalue weighted by atomic mass is 16.4. The molecule has 0 amide bonds. The highest BCUT2D eigenvalue weighted by Gasteiger charge is 2.00. The van der Waals surface area contributed by atoms with Gasteiger partial charge in [-0.15, -0.1) is 0 Å². The van der Waals surface area contributed by atoms with E-state index in [1.165, 1.54) is 5.56 Å². The predicted octanol–water partition coefficient (Wildman–Crippen LogP) is 2.76. The number of benzene rings is 1. The van der Waals surface area contributed by atoms with Crippen LogP contribution in [0.4, 0.5) is 0 Å². The van der Waals surface area contributed by atoms with Crippen LogP contribution in [0.1, 0.15) is 31.2 Å². The topological polar surface area (TPSA) is 40.5 Å². The fraction of sp³-hybridized carbons (Fsp3) is 0.500. The van der Waals surface area contributed by atoms with Gasteiger partial charge in [0.1, 0.15) is 0 Å². The number of carboxylic acids is 1. The van der Waals surface area contributed by atoms with Crippen LogP contribution in [0.3, 0.4) is 0 Å². The van der Waals surface area contributed by atoms with Gasteiger partial charge in [-0.1, -0.05) is 36.8 Å². The number of carboxylic acid groups (broad SMARTS) is 1. The Bertz CT molecular complexity index is 324. The third kappa shape index (κ3) is 6.74. The largest absolute Gasteiger partial charge is 0.481 e. The summed E-state index contributed by atoms with van der Waals surface area (Å²) in [6, 6.07) is 10.4. The Morgan fingerprint density at radius 1 is 1.18 bits per heavy atom. The summed E-state index contributed by atoms with van der Waals surface area (Å²) >= 11 is 0. The number of aliphatic carboxylic acids is 1. The van der Waals surface area contributed by atoms with E-state index in [-0.39, 0.29) is 0 Å². The SMILES string of the molecule is CN(CCCCCC(=O)O)Cc1ccccc1. The first-order chi connectivity index (χ1) is 8.18. The van der Waals surface area contributed by atoms with E-state index in [0.29, 0.717) is 6.42 Å². The van der Waals surface area contributed by atoms with Crippen LogP contribution in [0.5, 0.6) is 0 Å². The van der Waals surface area contributed by atoms with Crippen LogP contribution in [-0.2, 0) is 11.3 Å². The second kappa shape index (κ2) is 7.85. The van der Waals surface area contributed by atoms with Gasteiger partial charge in [0.15, 0.2) is 0 Å². The Morgan fingerprint density at radius 2 is 1.88 bits per heavy atom. The first kappa shape index (κ1) is 13.7. The summed E-state index contributed by atoms with van der Waals surface area (Å²) in [6.45, 7) is 1.98. The maximum atomic E-state index is 10.3. The molecular weight excluding hydrogens is 214 g/mol. The van der Waals surface area contributed by atoms with Crippen molar-refractivity contribution in [3.63, 3.8) is 0 Å². The zero-order chi connectivity index (χ0) is 12.5. The smallest absolute Gasteiger partial charge is 0.303 e. The molecule has 0 saturated heterocycles. The summed E-state index contributed by atoms with van der Waals surface area (Å²) in [5.41, 5.74) is 1.32. The summed E-state index contributed by atoms with van der Waals surface area (Å²) in [5.74, 6) is -0.692. The summed E-state index contributed by atoms with van der Waals surface area (Å²) in [6.07, 6.45) is 3.14. The Hall–Kier alpha value is -1.35. The molecule has 0 heterocycles. The van der Waals surface area contributed by atoms with E-state index in [1.807, 2.05) is 6.07 Å². The number of unbranched alkanes of at least 4 members (excludes halogenated alkanes) is 2. The van der Waals surface area contributed by atoms with Crippen LogP contribution in [-0.4, -0.2) is 29.6 Å². The lowest BCUT2D eigenvalue weighted by Crippen LogP contribution is -2.19. The molecule has 1 rings (SSSR count). The van der Waals surface area contributed by atoms with E-state index in [2.05, 4.69) is 36.2 Å². The lowest BCUT2D eigenvalue weighted by Gasteiger charge is -2.16. The van der Waals surface area contributed by atoms with Crippen molar-refractivity contribution in [1.82, 2.24) is 4.90 Å². The van der Waals surface area contributed by atoms with E-state index in [4.69, 9.17) is 5.11 Å². The highest BCUT2D eigenvalue weighted by molar-refractivity contribution is 5.66. The van der Waals surface area contributed by atoms with Crippen LogP contribution in [0.2, 0.25) is 0 Å². The van der Waals surface area contributed by atoms with Gasteiger partial charge in [-0.3, -0.25) is 4.79 Å². The molecule has 1 aromatic rings. The number of carbonyl (C=O) groups is 1. The van der Waals surface area contributed by atoms with Crippen molar-refractivity contribution >= 4 is 5.97 Å². The van der Waals surface area contributed by atoms with Crippen molar-refractivity contribution in [2.75, 3.05) is 13.6 Å². The lowest BCUT2D eigenvalue weighted by atomic mass is 10.1. The second-order valence-electron chi connectivity index (χ2n) is 4.43. The van der Waals surface area contributed by atoms with E-state index in [1.54, 1.807) is 0 Å². The molecule has 0 unspecified atom stereocenters. The molecule has 0 bridgehead atoms. The van der Waals surface area contributed by atoms with E-state index < -0.39 is 5.97 Å². The quantitative estimate of drug-likeness (QED) is 0.704.